The lowest BCUT2D eigenvalue weighted by Crippen LogP contribution is -2.14. The number of pyridine rings is 1. The van der Waals surface area contributed by atoms with Crippen molar-refractivity contribution < 1.29 is 23.9 Å². The summed E-state index contributed by atoms with van der Waals surface area (Å²) in [5.41, 5.74) is 3.00. The Hall–Kier alpha value is -3.71. The summed E-state index contributed by atoms with van der Waals surface area (Å²) in [4.78, 5) is 15.3. The summed E-state index contributed by atoms with van der Waals surface area (Å²) in [6, 6.07) is 14.4. The normalized spacial score (nSPS) is 10.6. The molecular weight excluding hydrogens is 363 g/mol. The van der Waals surface area contributed by atoms with E-state index in [9.17, 15) is 9.18 Å². The van der Waals surface area contributed by atoms with Gasteiger partial charge in [-0.05, 0) is 48.5 Å². The molecular formula is C21H17FN2O4. The molecule has 1 aromatic heterocycles. The van der Waals surface area contributed by atoms with Gasteiger partial charge >= 0.3 is 0 Å². The second-order valence-corrected chi connectivity index (χ2v) is 5.71. The predicted molar refractivity (Wildman–Crippen MR) is 100 cm³/mol. The summed E-state index contributed by atoms with van der Waals surface area (Å²) in [6.45, 7) is 0.325. The molecule has 0 unspecified atom stereocenters. The molecule has 2 aromatic carbocycles. The molecule has 0 saturated heterocycles. The van der Waals surface area contributed by atoms with Crippen LogP contribution >= 0.6 is 0 Å². The van der Waals surface area contributed by atoms with E-state index in [1.807, 2.05) is 12.1 Å². The lowest BCUT2D eigenvalue weighted by Gasteiger charge is -2.12. The Morgan fingerprint density at radius 1 is 1.14 bits per heavy atom. The minimum Gasteiger partial charge on any atom is -0.489 e. The van der Waals surface area contributed by atoms with Crippen molar-refractivity contribution in [2.45, 2.75) is 6.61 Å². The number of nitrogens with one attached hydrogen (secondary N) is 1. The number of halogens is 1. The van der Waals surface area contributed by atoms with Gasteiger partial charge in [0.15, 0.2) is 0 Å². The third-order valence-electron chi connectivity index (χ3n) is 3.68. The van der Waals surface area contributed by atoms with Gasteiger partial charge in [0.1, 0.15) is 29.7 Å². The van der Waals surface area contributed by atoms with Crippen LogP contribution in [0, 0.1) is 5.82 Å². The van der Waals surface area contributed by atoms with E-state index >= 15 is 0 Å². The van der Waals surface area contributed by atoms with Gasteiger partial charge < -0.3 is 9.47 Å². The van der Waals surface area contributed by atoms with Crippen molar-refractivity contribution in [3.05, 3.63) is 90.0 Å². The van der Waals surface area contributed by atoms with Gasteiger partial charge in [-0.3, -0.25) is 15.0 Å². The van der Waals surface area contributed by atoms with Gasteiger partial charge in [0.05, 0.1) is 0 Å². The van der Waals surface area contributed by atoms with Gasteiger partial charge in [-0.2, -0.15) is 0 Å². The fourth-order valence-electron chi connectivity index (χ4n) is 2.31. The van der Waals surface area contributed by atoms with Gasteiger partial charge in [-0.15, -0.1) is 0 Å². The smallest absolute Gasteiger partial charge is 0.267 e. The number of aromatic nitrogens is 1. The number of carbonyl (C=O) groups is 1. The zero-order valence-corrected chi connectivity index (χ0v) is 14.7. The molecule has 0 bridgehead atoms. The van der Waals surface area contributed by atoms with E-state index in [-0.39, 0.29) is 5.82 Å². The first kappa shape index (κ1) is 19.1. The molecule has 0 atom stereocenters. The number of rotatable bonds is 7. The van der Waals surface area contributed by atoms with E-state index in [4.69, 9.17) is 14.7 Å². The van der Waals surface area contributed by atoms with E-state index in [0.717, 1.165) is 11.6 Å². The summed E-state index contributed by atoms with van der Waals surface area (Å²) in [5.74, 6) is 0.319. The zero-order chi connectivity index (χ0) is 19.8. The number of amides is 1. The Kier molecular flexibility index (Phi) is 6.33. The molecule has 6 nitrogen and oxygen atoms in total. The van der Waals surface area contributed by atoms with Gasteiger partial charge in [0.2, 0.25) is 0 Å². The number of ether oxygens (including phenoxy) is 2. The molecule has 3 aromatic rings. The monoisotopic (exact) mass is 380 g/mol. The molecule has 142 valence electrons. The first-order valence-corrected chi connectivity index (χ1v) is 8.35. The van der Waals surface area contributed by atoms with Crippen molar-refractivity contribution in [3.8, 4) is 17.2 Å². The topological polar surface area (TPSA) is 80.7 Å². The molecule has 0 aliphatic rings. The van der Waals surface area contributed by atoms with Gasteiger partial charge in [-0.1, -0.05) is 6.07 Å². The van der Waals surface area contributed by atoms with Crippen LogP contribution in [0.25, 0.3) is 6.08 Å². The second-order valence-electron chi connectivity index (χ2n) is 5.71. The summed E-state index contributed by atoms with van der Waals surface area (Å²) in [5, 5.41) is 8.62. The van der Waals surface area contributed by atoms with Gasteiger partial charge in [-0.25, -0.2) is 9.87 Å². The van der Waals surface area contributed by atoms with Gasteiger partial charge in [0, 0.05) is 35.7 Å². The third-order valence-corrected chi connectivity index (χ3v) is 3.68. The molecule has 1 heterocycles. The van der Waals surface area contributed by atoms with Crippen molar-refractivity contribution in [2.24, 2.45) is 0 Å². The average Bonchev–Trinajstić information content (AvgIpc) is 2.73. The Bertz CT molecular complexity index is 960. The summed E-state index contributed by atoms with van der Waals surface area (Å²) >= 11 is 0. The van der Waals surface area contributed by atoms with Crippen molar-refractivity contribution >= 4 is 12.0 Å². The molecule has 3 rings (SSSR count). The molecule has 0 aliphatic heterocycles. The first-order valence-electron chi connectivity index (χ1n) is 8.35. The lowest BCUT2D eigenvalue weighted by atomic mass is 10.1. The Labute approximate surface area is 160 Å². The molecule has 2 N–H and O–H groups in total. The van der Waals surface area contributed by atoms with Crippen molar-refractivity contribution in [2.75, 3.05) is 0 Å². The largest absolute Gasteiger partial charge is 0.489 e. The summed E-state index contributed by atoms with van der Waals surface area (Å²) in [7, 11) is 0. The third kappa shape index (κ3) is 5.39. The molecule has 0 fully saturated rings. The van der Waals surface area contributed by atoms with Crippen LogP contribution in [0.3, 0.4) is 0 Å². The molecule has 1 amide bonds. The van der Waals surface area contributed by atoms with Crippen LogP contribution in [0.2, 0.25) is 0 Å². The highest BCUT2D eigenvalue weighted by molar-refractivity contribution is 5.91. The maximum atomic E-state index is 13.1. The van der Waals surface area contributed by atoms with Crippen molar-refractivity contribution in [3.63, 3.8) is 0 Å². The van der Waals surface area contributed by atoms with E-state index < -0.39 is 5.91 Å². The fourth-order valence-corrected chi connectivity index (χ4v) is 2.31. The van der Waals surface area contributed by atoms with Crippen LogP contribution in [-0.2, 0) is 11.4 Å². The minimum absolute atomic E-state index is 0.325. The molecule has 7 heteroatoms. The lowest BCUT2D eigenvalue weighted by molar-refractivity contribution is -0.124. The predicted octanol–water partition coefficient (Wildman–Crippen LogP) is 4.11. The Morgan fingerprint density at radius 2 is 1.93 bits per heavy atom. The highest BCUT2D eigenvalue weighted by Crippen LogP contribution is 2.31. The number of hydrogen-bond acceptors (Lipinski definition) is 5. The van der Waals surface area contributed by atoms with Crippen LogP contribution in [0.15, 0.2) is 73.1 Å². The highest BCUT2D eigenvalue weighted by atomic mass is 19.1. The van der Waals surface area contributed by atoms with Crippen molar-refractivity contribution in [1.29, 1.82) is 0 Å². The number of hydrogen-bond donors (Lipinski definition) is 2. The SMILES string of the molecule is O=C(C=Cc1ccc(OCc2cccnc2)cc1Oc1ccc(F)cc1)NO. The Balaban J connectivity index is 1.83. The van der Waals surface area contributed by atoms with Crippen LogP contribution < -0.4 is 15.0 Å². The first-order chi connectivity index (χ1) is 13.6. The maximum absolute atomic E-state index is 13.1. The molecule has 0 radical (unpaired) electrons. The van der Waals surface area contributed by atoms with E-state index in [1.165, 1.54) is 35.8 Å². The molecule has 0 saturated carbocycles. The molecule has 0 aliphatic carbocycles. The van der Waals surface area contributed by atoms with Crippen molar-refractivity contribution in [1.82, 2.24) is 10.5 Å². The van der Waals surface area contributed by atoms with Crippen LogP contribution in [0.5, 0.6) is 17.2 Å². The number of hydroxylamine groups is 1. The standard InChI is InChI=1S/C21H17FN2O4/c22-17-5-8-18(9-6-17)28-20-12-19(27-14-15-2-1-11-23-13-15)7-3-16(20)4-10-21(25)24-26/h1-13,26H,14H2,(H,24,25). The average molecular weight is 380 g/mol. The van der Waals surface area contributed by atoms with Crippen LogP contribution in [0.1, 0.15) is 11.1 Å². The minimum atomic E-state index is -0.676. The molecule has 0 spiro atoms. The molecule has 28 heavy (non-hydrogen) atoms. The quantitative estimate of drug-likeness (QED) is 0.366. The number of nitrogens with zero attached hydrogens (tertiary/aromatic N) is 1. The van der Waals surface area contributed by atoms with Crippen LogP contribution in [0.4, 0.5) is 4.39 Å². The van der Waals surface area contributed by atoms with E-state index in [2.05, 4.69) is 4.98 Å². The fraction of sp³-hybridized carbons (Fsp3) is 0.0476. The van der Waals surface area contributed by atoms with Gasteiger partial charge in [0.25, 0.3) is 5.91 Å². The number of benzene rings is 2. The summed E-state index contributed by atoms with van der Waals surface area (Å²) < 4.78 is 24.7. The second kappa shape index (κ2) is 9.29. The Morgan fingerprint density at radius 3 is 2.64 bits per heavy atom. The zero-order valence-electron chi connectivity index (χ0n) is 14.7. The van der Waals surface area contributed by atoms with E-state index in [1.54, 1.807) is 30.6 Å². The van der Waals surface area contributed by atoms with Crippen LogP contribution in [-0.4, -0.2) is 16.1 Å². The number of carbonyl (C=O) groups excluding carboxylic acids is 1. The highest BCUT2D eigenvalue weighted by Gasteiger charge is 2.07. The van der Waals surface area contributed by atoms with E-state index in [0.29, 0.717) is 29.4 Å². The summed E-state index contributed by atoms with van der Waals surface area (Å²) in [6.07, 6.45) is 6.03. The maximum Gasteiger partial charge on any atom is 0.267 e.